The largest absolute Gasteiger partial charge is 0.298 e. The lowest BCUT2D eigenvalue weighted by molar-refractivity contribution is -0.121. The molecule has 2 unspecified atom stereocenters. The van der Waals surface area contributed by atoms with Crippen molar-refractivity contribution in [2.45, 2.75) is 25.7 Å². The van der Waals surface area contributed by atoms with Gasteiger partial charge in [0.25, 0.3) is 0 Å². The molecule has 0 amide bonds. The second kappa shape index (κ2) is 7.64. The van der Waals surface area contributed by atoms with Gasteiger partial charge in [0, 0.05) is 36.6 Å². The van der Waals surface area contributed by atoms with Crippen molar-refractivity contribution in [2.24, 2.45) is 0 Å². The van der Waals surface area contributed by atoms with E-state index in [0.29, 0.717) is 0 Å². The molecule has 0 saturated heterocycles. The highest BCUT2D eigenvalue weighted by molar-refractivity contribution is 5.91. The van der Waals surface area contributed by atoms with Gasteiger partial charge in [0.1, 0.15) is 5.78 Å². The Morgan fingerprint density at radius 2 is 1.11 bits per heavy atom. The lowest BCUT2D eigenvalue weighted by Crippen LogP contribution is -2.16. The molecule has 0 N–H and O–H groups in total. The van der Waals surface area contributed by atoms with Crippen molar-refractivity contribution in [1.82, 2.24) is 19.6 Å². The van der Waals surface area contributed by atoms with E-state index in [2.05, 4.69) is 10.2 Å². The van der Waals surface area contributed by atoms with Gasteiger partial charge in [-0.1, -0.05) is 38.1 Å². The monoisotopic (exact) mass is 370 g/mol. The van der Waals surface area contributed by atoms with Crippen molar-refractivity contribution >= 4 is 5.78 Å². The molecular weight excluding hydrogens is 348 g/mol. The third-order valence-corrected chi connectivity index (χ3v) is 5.18. The first-order valence-electron chi connectivity index (χ1n) is 9.37. The summed E-state index contributed by atoms with van der Waals surface area (Å²) in [7, 11) is 0. The molecule has 2 aromatic heterocycles. The van der Waals surface area contributed by atoms with Crippen LogP contribution < -0.4 is 0 Å². The van der Waals surface area contributed by atoms with Crippen LogP contribution in [0.1, 0.15) is 36.8 Å². The van der Waals surface area contributed by atoms with Crippen LogP contribution in [0.3, 0.4) is 0 Å². The van der Waals surface area contributed by atoms with Crippen LogP contribution in [0.25, 0.3) is 11.4 Å². The summed E-state index contributed by atoms with van der Waals surface area (Å²) >= 11 is 0. The minimum atomic E-state index is -0.174. The van der Waals surface area contributed by atoms with E-state index in [0.717, 1.165) is 22.5 Å². The van der Waals surface area contributed by atoms with E-state index in [4.69, 9.17) is 0 Å². The standard InChI is InChI=1S/C23H22N4O/c1-17(19-5-9-21(10-6-19)26-15-3-13-24-26)23(28)18(2)20-7-11-22(12-8-20)27-16-4-14-25-27/h3-18H,1-2H3. The number of ketones is 1. The molecule has 0 saturated carbocycles. The fourth-order valence-electron chi connectivity index (χ4n) is 3.38. The average Bonchev–Trinajstić information content (AvgIpc) is 3.47. The van der Waals surface area contributed by atoms with Crippen LogP contribution in [0.4, 0.5) is 0 Å². The quantitative estimate of drug-likeness (QED) is 0.501. The number of carbonyl (C=O) groups is 1. The number of rotatable bonds is 6. The molecule has 0 fully saturated rings. The van der Waals surface area contributed by atoms with Crippen molar-refractivity contribution in [1.29, 1.82) is 0 Å². The Morgan fingerprint density at radius 3 is 1.43 bits per heavy atom. The molecule has 4 aromatic rings. The summed E-state index contributed by atoms with van der Waals surface area (Å²) in [6.07, 6.45) is 7.30. The highest BCUT2D eigenvalue weighted by atomic mass is 16.1. The van der Waals surface area contributed by atoms with Crippen molar-refractivity contribution < 1.29 is 4.79 Å². The number of hydrogen-bond donors (Lipinski definition) is 0. The second-order valence-corrected chi connectivity index (χ2v) is 6.93. The molecule has 0 aliphatic rings. The third-order valence-electron chi connectivity index (χ3n) is 5.18. The van der Waals surface area contributed by atoms with Crippen LogP contribution in [-0.2, 0) is 4.79 Å². The van der Waals surface area contributed by atoms with Crippen molar-refractivity contribution in [3.05, 3.63) is 96.6 Å². The number of hydrogen-bond acceptors (Lipinski definition) is 3. The topological polar surface area (TPSA) is 52.7 Å². The summed E-state index contributed by atoms with van der Waals surface area (Å²) in [6.45, 7) is 3.94. The summed E-state index contributed by atoms with van der Waals surface area (Å²) < 4.78 is 3.61. The van der Waals surface area contributed by atoms with Crippen LogP contribution in [0, 0.1) is 0 Å². The Bertz CT molecular complexity index is 947. The summed E-state index contributed by atoms with van der Waals surface area (Å²) in [6, 6.07) is 19.8. The summed E-state index contributed by atoms with van der Waals surface area (Å²) in [4.78, 5) is 13.0. The van der Waals surface area contributed by atoms with Crippen molar-refractivity contribution in [3.8, 4) is 11.4 Å². The molecule has 0 bridgehead atoms. The number of benzene rings is 2. The number of aromatic nitrogens is 4. The van der Waals surface area contributed by atoms with E-state index in [1.165, 1.54) is 0 Å². The molecule has 4 rings (SSSR count). The molecule has 28 heavy (non-hydrogen) atoms. The molecular formula is C23H22N4O. The molecule has 0 aliphatic heterocycles. The second-order valence-electron chi connectivity index (χ2n) is 6.93. The van der Waals surface area contributed by atoms with Gasteiger partial charge in [-0.15, -0.1) is 0 Å². The zero-order valence-electron chi connectivity index (χ0n) is 15.9. The first-order valence-corrected chi connectivity index (χ1v) is 9.37. The zero-order valence-corrected chi connectivity index (χ0v) is 15.9. The van der Waals surface area contributed by atoms with Gasteiger partial charge in [-0.25, -0.2) is 9.36 Å². The van der Waals surface area contributed by atoms with E-state index < -0.39 is 0 Å². The molecule has 140 valence electrons. The fraction of sp³-hybridized carbons (Fsp3) is 0.174. The Hall–Kier alpha value is -3.47. The van der Waals surface area contributed by atoms with Crippen LogP contribution >= 0.6 is 0 Å². The molecule has 5 nitrogen and oxygen atoms in total. The first-order chi connectivity index (χ1) is 13.6. The van der Waals surface area contributed by atoms with E-state index >= 15 is 0 Å². The Kier molecular flexibility index (Phi) is 4.89. The van der Waals surface area contributed by atoms with Crippen molar-refractivity contribution in [2.75, 3.05) is 0 Å². The predicted molar refractivity (Wildman–Crippen MR) is 109 cm³/mol. The highest BCUT2D eigenvalue weighted by Gasteiger charge is 2.23. The maximum atomic E-state index is 13.0. The fourth-order valence-corrected chi connectivity index (χ4v) is 3.38. The zero-order chi connectivity index (χ0) is 19.5. The summed E-state index contributed by atoms with van der Waals surface area (Å²) in [5.41, 5.74) is 3.99. The van der Waals surface area contributed by atoms with Gasteiger partial charge in [-0.3, -0.25) is 4.79 Å². The number of nitrogens with zero attached hydrogens (tertiary/aromatic N) is 4. The molecule has 0 radical (unpaired) electrons. The van der Waals surface area contributed by atoms with E-state index in [9.17, 15) is 4.79 Å². The molecule has 0 aliphatic carbocycles. The third kappa shape index (κ3) is 3.51. The highest BCUT2D eigenvalue weighted by Crippen LogP contribution is 2.27. The number of carbonyl (C=O) groups excluding carboxylic acids is 1. The van der Waals surface area contributed by atoms with Gasteiger partial charge in [0.2, 0.25) is 0 Å². The van der Waals surface area contributed by atoms with E-state index in [-0.39, 0.29) is 17.6 Å². The van der Waals surface area contributed by atoms with Gasteiger partial charge in [0.15, 0.2) is 0 Å². The minimum absolute atomic E-state index is 0.174. The van der Waals surface area contributed by atoms with E-state index in [1.807, 2.05) is 86.9 Å². The van der Waals surface area contributed by atoms with Gasteiger partial charge in [-0.2, -0.15) is 10.2 Å². The molecule has 2 atom stereocenters. The van der Waals surface area contributed by atoms with Gasteiger partial charge in [-0.05, 0) is 47.5 Å². The lowest BCUT2D eigenvalue weighted by Gasteiger charge is -2.18. The van der Waals surface area contributed by atoms with Crippen LogP contribution in [0.2, 0.25) is 0 Å². The van der Waals surface area contributed by atoms with Crippen LogP contribution in [0.5, 0.6) is 0 Å². The van der Waals surface area contributed by atoms with E-state index in [1.54, 1.807) is 21.8 Å². The molecule has 2 aromatic carbocycles. The maximum Gasteiger partial charge on any atom is 0.147 e. The van der Waals surface area contributed by atoms with Crippen LogP contribution in [0.15, 0.2) is 85.5 Å². The molecule has 5 heteroatoms. The Balaban J connectivity index is 1.48. The maximum absolute atomic E-state index is 13.0. The smallest absolute Gasteiger partial charge is 0.147 e. The van der Waals surface area contributed by atoms with Gasteiger partial charge < -0.3 is 0 Å². The number of Topliss-reactive ketones (excluding diaryl/α,β-unsaturated/α-hetero) is 1. The SMILES string of the molecule is CC(C(=O)C(C)c1ccc(-n2cccn2)cc1)c1ccc(-n2cccn2)cc1. The van der Waals surface area contributed by atoms with Gasteiger partial charge in [0.05, 0.1) is 11.4 Å². The Morgan fingerprint density at radius 1 is 0.714 bits per heavy atom. The predicted octanol–water partition coefficient (Wildman–Crippen LogP) is 4.53. The average molecular weight is 370 g/mol. The normalized spacial score (nSPS) is 13.2. The van der Waals surface area contributed by atoms with Crippen LogP contribution in [-0.4, -0.2) is 25.3 Å². The molecule has 2 heterocycles. The first kappa shape index (κ1) is 17.9. The Labute approximate surface area is 164 Å². The minimum Gasteiger partial charge on any atom is -0.298 e. The van der Waals surface area contributed by atoms with Gasteiger partial charge >= 0.3 is 0 Å². The lowest BCUT2D eigenvalue weighted by atomic mass is 9.86. The van der Waals surface area contributed by atoms with Crippen molar-refractivity contribution in [3.63, 3.8) is 0 Å². The molecule has 0 spiro atoms. The summed E-state index contributed by atoms with van der Waals surface area (Å²) in [5, 5.41) is 8.47. The summed E-state index contributed by atoms with van der Waals surface area (Å²) in [5.74, 6) is -0.140.